The number of aromatic nitrogens is 2. The summed E-state index contributed by atoms with van der Waals surface area (Å²) in [5, 5.41) is 2.96. The van der Waals surface area contributed by atoms with Crippen LogP contribution in [0.3, 0.4) is 0 Å². The molecule has 94 valence electrons. The van der Waals surface area contributed by atoms with Crippen LogP contribution in [-0.2, 0) is 0 Å². The van der Waals surface area contributed by atoms with Gasteiger partial charge in [-0.15, -0.1) is 0 Å². The van der Waals surface area contributed by atoms with E-state index in [9.17, 15) is 4.79 Å². The number of H-pyrrole nitrogens is 1. The Balaban J connectivity index is 1.71. The van der Waals surface area contributed by atoms with E-state index >= 15 is 0 Å². The lowest BCUT2D eigenvalue weighted by Crippen LogP contribution is -2.33. The molecule has 0 bridgehead atoms. The van der Waals surface area contributed by atoms with Gasteiger partial charge in [-0.1, -0.05) is 0 Å². The number of nitrogens with zero attached hydrogens (tertiary/aromatic N) is 1. The lowest BCUT2D eigenvalue weighted by molar-refractivity contribution is 0.0945. The highest BCUT2D eigenvalue weighted by Gasteiger charge is 2.41. The molecule has 0 radical (unpaired) electrons. The Labute approximate surface area is 105 Å². The largest absolute Gasteiger partial charge is 0.351 e. The average molecular weight is 244 g/mol. The van der Waals surface area contributed by atoms with E-state index in [2.05, 4.69) is 15.3 Å². The van der Waals surface area contributed by atoms with Crippen molar-refractivity contribution in [3.8, 4) is 0 Å². The molecule has 1 aliphatic rings. The number of imidazole rings is 1. The van der Waals surface area contributed by atoms with Crippen molar-refractivity contribution >= 4 is 16.9 Å². The monoisotopic (exact) mass is 244 g/mol. The Hall–Kier alpha value is -1.88. The third-order valence-corrected chi connectivity index (χ3v) is 3.70. The summed E-state index contributed by atoms with van der Waals surface area (Å²) < 4.78 is 0. The SMILES string of the molecule is NCC1(CNC(=O)c2ccc3nc[nH]c3c2)CC1. The molecular formula is C13H16N4O. The van der Waals surface area contributed by atoms with Gasteiger partial charge in [-0.25, -0.2) is 4.98 Å². The fourth-order valence-corrected chi connectivity index (χ4v) is 2.08. The maximum Gasteiger partial charge on any atom is 0.251 e. The molecule has 0 saturated heterocycles. The van der Waals surface area contributed by atoms with Crippen LogP contribution in [0.2, 0.25) is 0 Å². The molecule has 0 unspecified atom stereocenters. The first-order chi connectivity index (χ1) is 8.72. The highest BCUT2D eigenvalue weighted by Crippen LogP contribution is 2.43. The lowest BCUT2D eigenvalue weighted by atomic mass is 10.1. The Morgan fingerprint density at radius 3 is 3.06 bits per heavy atom. The number of nitrogens with two attached hydrogens (primary N) is 1. The van der Waals surface area contributed by atoms with Crippen LogP contribution in [-0.4, -0.2) is 29.0 Å². The number of carbonyl (C=O) groups is 1. The molecule has 1 fully saturated rings. The second kappa shape index (κ2) is 4.10. The Morgan fingerprint density at radius 1 is 1.50 bits per heavy atom. The number of rotatable bonds is 4. The predicted molar refractivity (Wildman–Crippen MR) is 69.1 cm³/mol. The van der Waals surface area contributed by atoms with E-state index in [1.165, 1.54) is 0 Å². The number of fused-ring (bicyclic) bond motifs is 1. The van der Waals surface area contributed by atoms with Crippen LogP contribution in [0.4, 0.5) is 0 Å². The number of benzene rings is 1. The maximum atomic E-state index is 12.0. The van der Waals surface area contributed by atoms with E-state index in [0.717, 1.165) is 23.9 Å². The van der Waals surface area contributed by atoms with E-state index in [1.54, 1.807) is 12.4 Å². The molecule has 0 spiro atoms. The van der Waals surface area contributed by atoms with Gasteiger partial charge in [0.2, 0.25) is 0 Å². The van der Waals surface area contributed by atoms with Gasteiger partial charge < -0.3 is 16.0 Å². The third kappa shape index (κ3) is 1.97. The summed E-state index contributed by atoms with van der Waals surface area (Å²) in [5.41, 5.74) is 8.25. The second-order valence-corrected chi connectivity index (χ2v) is 5.02. The molecule has 1 aromatic carbocycles. The van der Waals surface area contributed by atoms with Crippen LogP contribution in [0.25, 0.3) is 11.0 Å². The molecule has 1 aromatic heterocycles. The number of hydrogen-bond donors (Lipinski definition) is 3. The first-order valence-corrected chi connectivity index (χ1v) is 6.14. The second-order valence-electron chi connectivity index (χ2n) is 5.02. The van der Waals surface area contributed by atoms with Gasteiger partial charge in [-0.3, -0.25) is 4.79 Å². The quantitative estimate of drug-likeness (QED) is 0.751. The molecule has 1 heterocycles. The maximum absolute atomic E-state index is 12.0. The minimum atomic E-state index is -0.0498. The first-order valence-electron chi connectivity index (χ1n) is 6.14. The normalized spacial score (nSPS) is 16.7. The number of aromatic amines is 1. The summed E-state index contributed by atoms with van der Waals surface area (Å²) in [7, 11) is 0. The zero-order chi connectivity index (χ0) is 12.6. The van der Waals surface area contributed by atoms with E-state index in [0.29, 0.717) is 18.7 Å². The zero-order valence-electron chi connectivity index (χ0n) is 10.1. The van der Waals surface area contributed by atoms with Crippen molar-refractivity contribution in [1.29, 1.82) is 0 Å². The number of nitrogens with one attached hydrogen (secondary N) is 2. The van der Waals surface area contributed by atoms with Crippen molar-refractivity contribution < 1.29 is 4.79 Å². The van der Waals surface area contributed by atoms with Crippen LogP contribution in [0.1, 0.15) is 23.2 Å². The number of amides is 1. The summed E-state index contributed by atoms with van der Waals surface area (Å²) in [6.07, 6.45) is 3.85. The van der Waals surface area contributed by atoms with Crippen LogP contribution in [0.5, 0.6) is 0 Å². The van der Waals surface area contributed by atoms with Gasteiger partial charge in [0.1, 0.15) is 0 Å². The van der Waals surface area contributed by atoms with Gasteiger partial charge in [-0.2, -0.15) is 0 Å². The van der Waals surface area contributed by atoms with Crippen molar-refractivity contribution in [1.82, 2.24) is 15.3 Å². The summed E-state index contributed by atoms with van der Waals surface area (Å²) in [4.78, 5) is 19.1. The van der Waals surface area contributed by atoms with Gasteiger partial charge in [0.15, 0.2) is 0 Å². The van der Waals surface area contributed by atoms with Crippen molar-refractivity contribution in [2.75, 3.05) is 13.1 Å². The molecule has 18 heavy (non-hydrogen) atoms. The van der Waals surface area contributed by atoms with Crippen LogP contribution < -0.4 is 11.1 Å². The lowest BCUT2D eigenvalue weighted by Gasteiger charge is -2.13. The number of carbonyl (C=O) groups excluding carboxylic acids is 1. The van der Waals surface area contributed by atoms with Crippen molar-refractivity contribution in [3.05, 3.63) is 30.1 Å². The minimum Gasteiger partial charge on any atom is -0.351 e. The van der Waals surface area contributed by atoms with E-state index in [1.807, 2.05) is 12.1 Å². The summed E-state index contributed by atoms with van der Waals surface area (Å²) in [6.45, 7) is 1.32. The standard InChI is InChI=1S/C13H16N4O/c14-6-13(3-4-13)7-15-12(18)9-1-2-10-11(5-9)17-8-16-10/h1-2,5,8H,3-4,6-7,14H2,(H,15,18)(H,16,17). The Kier molecular flexibility index (Phi) is 2.56. The van der Waals surface area contributed by atoms with Gasteiger partial charge in [0.05, 0.1) is 17.4 Å². The van der Waals surface area contributed by atoms with Crippen molar-refractivity contribution in [2.45, 2.75) is 12.8 Å². The van der Waals surface area contributed by atoms with Crippen molar-refractivity contribution in [3.63, 3.8) is 0 Å². The molecule has 4 N–H and O–H groups in total. The fourth-order valence-electron chi connectivity index (χ4n) is 2.08. The molecule has 1 saturated carbocycles. The molecule has 2 aromatic rings. The molecule has 3 rings (SSSR count). The van der Waals surface area contributed by atoms with Gasteiger partial charge in [-0.05, 0) is 37.6 Å². The minimum absolute atomic E-state index is 0.0498. The van der Waals surface area contributed by atoms with Crippen LogP contribution >= 0.6 is 0 Å². The molecule has 0 atom stereocenters. The van der Waals surface area contributed by atoms with E-state index in [-0.39, 0.29) is 11.3 Å². The highest BCUT2D eigenvalue weighted by atomic mass is 16.1. The van der Waals surface area contributed by atoms with E-state index in [4.69, 9.17) is 5.73 Å². The van der Waals surface area contributed by atoms with Gasteiger partial charge in [0, 0.05) is 17.5 Å². The highest BCUT2D eigenvalue weighted by molar-refractivity contribution is 5.97. The van der Waals surface area contributed by atoms with Crippen LogP contribution in [0.15, 0.2) is 24.5 Å². The molecule has 5 heteroatoms. The topological polar surface area (TPSA) is 83.8 Å². The molecule has 0 aliphatic heterocycles. The summed E-state index contributed by atoms with van der Waals surface area (Å²) in [6, 6.07) is 5.46. The summed E-state index contributed by atoms with van der Waals surface area (Å²) in [5.74, 6) is -0.0498. The number of hydrogen-bond acceptors (Lipinski definition) is 3. The predicted octanol–water partition coefficient (Wildman–Crippen LogP) is 1.03. The van der Waals surface area contributed by atoms with Crippen LogP contribution in [0, 0.1) is 5.41 Å². The molecule has 1 amide bonds. The third-order valence-electron chi connectivity index (χ3n) is 3.70. The smallest absolute Gasteiger partial charge is 0.251 e. The van der Waals surface area contributed by atoms with Gasteiger partial charge in [0.25, 0.3) is 5.91 Å². The molecular weight excluding hydrogens is 228 g/mol. The Morgan fingerprint density at radius 2 is 2.33 bits per heavy atom. The zero-order valence-corrected chi connectivity index (χ0v) is 10.1. The Bertz CT molecular complexity index is 585. The fraction of sp³-hybridized carbons (Fsp3) is 0.385. The molecule has 5 nitrogen and oxygen atoms in total. The van der Waals surface area contributed by atoms with E-state index < -0.39 is 0 Å². The van der Waals surface area contributed by atoms with Crippen molar-refractivity contribution in [2.24, 2.45) is 11.1 Å². The summed E-state index contributed by atoms with van der Waals surface area (Å²) >= 11 is 0. The average Bonchev–Trinajstić information content (AvgIpc) is 3.04. The van der Waals surface area contributed by atoms with Gasteiger partial charge >= 0.3 is 0 Å². The molecule has 1 aliphatic carbocycles. The first kappa shape index (κ1) is 11.2.